The molecule has 1 saturated carbocycles. The summed E-state index contributed by atoms with van der Waals surface area (Å²) in [6.07, 6.45) is 2.85. The minimum Gasteiger partial charge on any atom is -0.497 e. The summed E-state index contributed by atoms with van der Waals surface area (Å²) < 4.78 is 7.06. The highest BCUT2D eigenvalue weighted by Crippen LogP contribution is 2.23. The SMILES string of the molecule is COc1ccn2c(C(=O)NC3CC(O)C3)c(C)cc2c1. The number of nitrogens with zero attached hydrogens (tertiary/aromatic N) is 1. The van der Waals surface area contributed by atoms with Crippen molar-refractivity contribution in [1.82, 2.24) is 9.72 Å². The van der Waals surface area contributed by atoms with Gasteiger partial charge in [0.05, 0.1) is 13.2 Å². The maximum Gasteiger partial charge on any atom is 0.268 e. The average molecular weight is 274 g/mol. The fourth-order valence-corrected chi connectivity index (χ4v) is 2.67. The highest BCUT2D eigenvalue weighted by Gasteiger charge is 2.29. The lowest BCUT2D eigenvalue weighted by molar-refractivity contribution is 0.0560. The lowest BCUT2D eigenvalue weighted by Gasteiger charge is -2.31. The molecule has 2 aromatic heterocycles. The van der Waals surface area contributed by atoms with Gasteiger partial charge in [-0.05, 0) is 37.5 Å². The minimum atomic E-state index is -0.269. The predicted molar refractivity (Wildman–Crippen MR) is 75.2 cm³/mol. The van der Waals surface area contributed by atoms with Crippen LogP contribution in [0, 0.1) is 6.92 Å². The summed E-state index contributed by atoms with van der Waals surface area (Å²) in [6, 6.07) is 5.78. The van der Waals surface area contributed by atoms with E-state index in [2.05, 4.69) is 5.32 Å². The zero-order chi connectivity index (χ0) is 14.3. The molecule has 0 unspecified atom stereocenters. The Hall–Kier alpha value is -2.01. The summed E-state index contributed by atoms with van der Waals surface area (Å²) in [5, 5.41) is 12.2. The highest BCUT2D eigenvalue weighted by molar-refractivity contribution is 5.96. The molecule has 0 radical (unpaired) electrons. The number of ether oxygens (including phenoxy) is 1. The van der Waals surface area contributed by atoms with Crippen molar-refractivity contribution in [2.24, 2.45) is 0 Å². The van der Waals surface area contributed by atoms with Gasteiger partial charge >= 0.3 is 0 Å². The number of fused-ring (bicyclic) bond motifs is 1. The summed E-state index contributed by atoms with van der Waals surface area (Å²) in [4.78, 5) is 12.4. The quantitative estimate of drug-likeness (QED) is 0.891. The highest BCUT2D eigenvalue weighted by atomic mass is 16.5. The van der Waals surface area contributed by atoms with Crippen LogP contribution in [0.5, 0.6) is 5.75 Å². The van der Waals surface area contributed by atoms with Crippen LogP contribution < -0.4 is 10.1 Å². The van der Waals surface area contributed by atoms with Crippen LogP contribution in [0.4, 0.5) is 0 Å². The smallest absolute Gasteiger partial charge is 0.268 e. The number of carbonyl (C=O) groups is 1. The first-order valence-corrected chi connectivity index (χ1v) is 6.73. The van der Waals surface area contributed by atoms with Crippen LogP contribution in [0.1, 0.15) is 28.9 Å². The molecule has 20 heavy (non-hydrogen) atoms. The Morgan fingerprint density at radius 1 is 1.45 bits per heavy atom. The lowest BCUT2D eigenvalue weighted by atomic mass is 9.89. The lowest BCUT2D eigenvalue weighted by Crippen LogP contribution is -2.47. The van der Waals surface area contributed by atoms with Gasteiger partial charge in [0.15, 0.2) is 0 Å². The zero-order valence-corrected chi connectivity index (χ0v) is 11.6. The second kappa shape index (κ2) is 4.83. The van der Waals surface area contributed by atoms with Crippen molar-refractivity contribution in [3.8, 4) is 5.75 Å². The van der Waals surface area contributed by atoms with E-state index in [0.717, 1.165) is 16.8 Å². The first-order valence-electron chi connectivity index (χ1n) is 6.73. The summed E-state index contributed by atoms with van der Waals surface area (Å²) in [5.74, 6) is 0.675. The first kappa shape index (κ1) is 13.0. The molecule has 0 aliphatic heterocycles. The normalized spacial score (nSPS) is 21.6. The van der Waals surface area contributed by atoms with Gasteiger partial charge in [0.2, 0.25) is 0 Å². The number of carbonyl (C=O) groups excluding carboxylic acids is 1. The van der Waals surface area contributed by atoms with Gasteiger partial charge in [-0.25, -0.2) is 0 Å². The van der Waals surface area contributed by atoms with Crippen LogP contribution >= 0.6 is 0 Å². The molecule has 1 aliphatic rings. The number of aliphatic hydroxyl groups excluding tert-OH is 1. The van der Waals surface area contributed by atoms with Crippen LogP contribution in [0.2, 0.25) is 0 Å². The molecule has 0 atom stereocenters. The molecule has 0 aromatic carbocycles. The van der Waals surface area contributed by atoms with E-state index in [-0.39, 0.29) is 18.1 Å². The van der Waals surface area contributed by atoms with Crippen LogP contribution in [0.25, 0.3) is 5.52 Å². The maximum absolute atomic E-state index is 12.4. The van der Waals surface area contributed by atoms with Gasteiger partial charge in [-0.1, -0.05) is 0 Å². The van der Waals surface area contributed by atoms with Crippen molar-refractivity contribution in [3.05, 3.63) is 35.7 Å². The largest absolute Gasteiger partial charge is 0.497 e. The van der Waals surface area contributed by atoms with Crippen molar-refractivity contribution in [1.29, 1.82) is 0 Å². The number of aromatic nitrogens is 1. The molecule has 1 fully saturated rings. The third kappa shape index (κ3) is 2.14. The molecule has 0 spiro atoms. The Morgan fingerprint density at radius 2 is 2.20 bits per heavy atom. The van der Waals surface area contributed by atoms with E-state index < -0.39 is 0 Å². The van der Waals surface area contributed by atoms with Gasteiger partial charge in [-0.15, -0.1) is 0 Å². The van der Waals surface area contributed by atoms with Crippen molar-refractivity contribution in [2.75, 3.05) is 7.11 Å². The molecule has 3 rings (SSSR count). The summed E-state index contributed by atoms with van der Waals surface area (Å²) in [6.45, 7) is 1.92. The monoisotopic (exact) mass is 274 g/mol. The molecule has 1 aliphatic carbocycles. The minimum absolute atomic E-state index is 0.0840. The van der Waals surface area contributed by atoms with Crippen molar-refractivity contribution in [2.45, 2.75) is 31.9 Å². The van der Waals surface area contributed by atoms with Gasteiger partial charge in [0.25, 0.3) is 5.91 Å². The van der Waals surface area contributed by atoms with Gasteiger partial charge < -0.3 is 19.6 Å². The number of amides is 1. The number of aryl methyl sites for hydroxylation is 1. The van der Waals surface area contributed by atoms with Crippen molar-refractivity contribution in [3.63, 3.8) is 0 Å². The summed E-state index contributed by atoms with van der Waals surface area (Å²) in [5.41, 5.74) is 2.50. The molecule has 0 bridgehead atoms. The van der Waals surface area contributed by atoms with E-state index in [1.165, 1.54) is 0 Å². The molecular weight excluding hydrogens is 256 g/mol. The molecule has 106 valence electrons. The van der Waals surface area contributed by atoms with E-state index in [1.807, 2.05) is 35.7 Å². The molecule has 5 nitrogen and oxygen atoms in total. The van der Waals surface area contributed by atoms with Gasteiger partial charge in [0.1, 0.15) is 11.4 Å². The average Bonchev–Trinajstić information content (AvgIpc) is 2.71. The van der Waals surface area contributed by atoms with E-state index >= 15 is 0 Å². The molecule has 1 amide bonds. The number of methoxy groups -OCH3 is 1. The van der Waals surface area contributed by atoms with E-state index in [0.29, 0.717) is 18.5 Å². The van der Waals surface area contributed by atoms with Crippen LogP contribution in [-0.4, -0.2) is 34.7 Å². The number of hydrogen-bond donors (Lipinski definition) is 2. The number of pyridine rings is 1. The molecule has 0 saturated heterocycles. The van der Waals surface area contributed by atoms with Crippen molar-refractivity contribution >= 4 is 11.4 Å². The van der Waals surface area contributed by atoms with Crippen LogP contribution in [0.3, 0.4) is 0 Å². The van der Waals surface area contributed by atoms with Gasteiger partial charge in [-0.3, -0.25) is 4.79 Å². The van der Waals surface area contributed by atoms with Crippen LogP contribution in [-0.2, 0) is 0 Å². The van der Waals surface area contributed by atoms with Crippen LogP contribution in [0.15, 0.2) is 24.4 Å². The number of rotatable bonds is 3. The fourth-order valence-electron chi connectivity index (χ4n) is 2.67. The Balaban J connectivity index is 1.90. The van der Waals surface area contributed by atoms with Crippen molar-refractivity contribution < 1.29 is 14.6 Å². The molecule has 2 N–H and O–H groups in total. The van der Waals surface area contributed by atoms with E-state index in [9.17, 15) is 9.90 Å². The maximum atomic E-state index is 12.4. The Labute approximate surface area is 117 Å². The van der Waals surface area contributed by atoms with Gasteiger partial charge in [0, 0.05) is 23.8 Å². The summed E-state index contributed by atoms with van der Waals surface area (Å²) in [7, 11) is 1.62. The standard InChI is InChI=1S/C15H18N2O3/c1-9-5-11-8-13(20-2)3-4-17(11)14(9)15(19)16-10-6-12(18)7-10/h3-5,8,10,12,18H,6-7H2,1-2H3,(H,16,19). The number of nitrogens with one attached hydrogen (secondary N) is 1. The Morgan fingerprint density at radius 3 is 2.85 bits per heavy atom. The third-order valence-corrected chi connectivity index (χ3v) is 3.83. The molecule has 5 heteroatoms. The summed E-state index contributed by atoms with van der Waals surface area (Å²) >= 11 is 0. The number of hydrogen-bond acceptors (Lipinski definition) is 3. The molecule has 2 heterocycles. The molecule has 2 aromatic rings. The number of aliphatic hydroxyl groups is 1. The van der Waals surface area contributed by atoms with E-state index in [4.69, 9.17) is 4.74 Å². The first-order chi connectivity index (χ1) is 9.58. The second-order valence-electron chi connectivity index (χ2n) is 5.33. The third-order valence-electron chi connectivity index (χ3n) is 3.83. The molecular formula is C15H18N2O3. The Bertz CT molecular complexity index is 656. The second-order valence-corrected chi connectivity index (χ2v) is 5.33. The predicted octanol–water partition coefficient (Wildman–Crippen LogP) is 1.51. The van der Waals surface area contributed by atoms with Gasteiger partial charge in [-0.2, -0.15) is 0 Å². The topological polar surface area (TPSA) is 63.0 Å². The zero-order valence-electron chi connectivity index (χ0n) is 11.6. The fraction of sp³-hybridized carbons (Fsp3) is 0.400. The Kier molecular flexibility index (Phi) is 3.14. The van der Waals surface area contributed by atoms with E-state index in [1.54, 1.807) is 7.11 Å².